The van der Waals surface area contributed by atoms with Gasteiger partial charge >= 0.3 is 11.9 Å². The van der Waals surface area contributed by atoms with Gasteiger partial charge in [0.25, 0.3) is 0 Å². The molecule has 4 nitrogen and oxygen atoms in total. The maximum absolute atomic E-state index is 12.2. The van der Waals surface area contributed by atoms with Gasteiger partial charge in [-0.05, 0) is 48.0 Å². The number of aliphatic carboxylic acids is 1. The van der Waals surface area contributed by atoms with E-state index >= 15 is 0 Å². The number of esters is 1. The summed E-state index contributed by atoms with van der Waals surface area (Å²) in [6.45, 7) is 0.0579. The Labute approximate surface area is 129 Å². The Morgan fingerprint density at radius 1 is 1.09 bits per heavy atom. The van der Waals surface area contributed by atoms with Crippen LogP contribution < -0.4 is 0 Å². The smallest absolute Gasteiger partial charge is 0.334 e. The van der Waals surface area contributed by atoms with Gasteiger partial charge in [-0.1, -0.05) is 30.3 Å². The van der Waals surface area contributed by atoms with Crippen molar-refractivity contribution in [3.05, 3.63) is 52.6 Å². The maximum Gasteiger partial charge on any atom is 0.334 e. The second kappa shape index (κ2) is 6.18. The van der Waals surface area contributed by atoms with Gasteiger partial charge in [0.15, 0.2) is 0 Å². The minimum Gasteiger partial charge on any atom is -0.481 e. The molecule has 0 aromatic heterocycles. The van der Waals surface area contributed by atoms with E-state index in [9.17, 15) is 14.7 Å². The molecule has 0 unspecified atom stereocenters. The van der Waals surface area contributed by atoms with Gasteiger partial charge in [-0.3, -0.25) is 4.79 Å². The number of benzene rings is 1. The van der Waals surface area contributed by atoms with Gasteiger partial charge < -0.3 is 9.84 Å². The van der Waals surface area contributed by atoms with Crippen LogP contribution in [0.4, 0.5) is 0 Å². The Hall–Kier alpha value is -2.36. The van der Waals surface area contributed by atoms with Gasteiger partial charge in [-0.2, -0.15) is 0 Å². The van der Waals surface area contributed by atoms with Crippen LogP contribution in [0.15, 0.2) is 47.1 Å². The van der Waals surface area contributed by atoms with Crippen molar-refractivity contribution >= 4 is 17.5 Å². The lowest BCUT2D eigenvalue weighted by atomic mass is 9.82. The van der Waals surface area contributed by atoms with Gasteiger partial charge in [-0.25, -0.2) is 4.79 Å². The zero-order valence-corrected chi connectivity index (χ0v) is 12.3. The number of hydrogen-bond acceptors (Lipinski definition) is 3. The van der Waals surface area contributed by atoms with Crippen molar-refractivity contribution < 1.29 is 19.4 Å². The molecule has 2 aliphatic rings. The Kier molecular flexibility index (Phi) is 4.09. The topological polar surface area (TPSA) is 63.6 Å². The minimum atomic E-state index is -0.903. The molecule has 0 amide bonds. The first-order valence-electron chi connectivity index (χ1n) is 7.55. The summed E-state index contributed by atoms with van der Waals surface area (Å²) < 4.78 is 5.32. The van der Waals surface area contributed by atoms with E-state index in [1.54, 1.807) is 0 Å². The number of cyclic esters (lactones) is 1. The van der Waals surface area contributed by atoms with Crippen molar-refractivity contribution in [1.82, 2.24) is 0 Å². The van der Waals surface area contributed by atoms with E-state index in [1.807, 2.05) is 30.3 Å². The van der Waals surface area contributed by atoms with Gasteiger partial charge in [0, 0.05) is 5.57 Å². The Morgan fingerprint density at radius 2 is 1.77 bits per heavy atom. The van der Waals surface area contributed by atoms with Crippen LogP contribution >= 0.6 is 0 Å². The number of carbonyl (C=O) groups excluding carboxylic acids is 1. The predicted octanol–water partition coefficient (Wildman–Crippen LogP) is 3.34. The molecule has 4 heteroatoms. The molecule has 1 aromatic rings. The summed E-state index contributed by atoms with van der Waals surface area (Å²) >= 11 is 0. The van der Waals surface area contributed by atoms with E-state index in [1.165, 1.54) is 0 Å². The zero-order valence-electron chi connectivity index (χ0n) is 12.3. The largest absolute Gasteiger partial charge is 0.481 e. The highest BCUT2D eigenvalue weighted by Gasteiger charge is 2.29. The van der Waals surface area contributed by atoms with Crippen molar-refractivity contribution in [3.63, 3.8) is 0 Å². The van der Waals surface area contributed by atoms with E-state index in [4.69, 9.17) is 4.74 Å². The van der Waals surface area contributed by atoms with Crippen molar-refractivity contribution in [1.29, 1.82) is 0 Å². The molecular weight excluding hydrogens is 280 g/mol. The first kappa shape index (κ1) is 14.6. The number of ether oxygens (including phenoxy) is 1. The predicted molar refractivity (Wildman–Crippen MR) is 82.1 cm³/mol. The van der Waals surface area contributed by atoms with Gasteiger partial charge in [0.2, 0.25) is 0 Å². The van der Waals surface area contributed by atoms with Crippen LogP contribution in [0.5, 0.6) is 0 Å². The molecule has 1 aliphatic carbocycles. The lowest BCUT2D eigenvalue weighted by Gasteiger charge is -2.20. The number of hydrogen-bond donors (Lipinski definition) is 1. The van der Waals surface area contributed by atoms with Crippen LogP contribution in [0.25, 0.3) is 5.57 Å². The van der Waals surface area contributed by atoms with Crippen LogP contribution in [0.3, 0.4) is 0 Å². The van der Waals surface area contributed by atoms with Gasteiger partial charge in [-0.15, -0.1) is 0 Å². The van der Waals surface area contributed by atoms with Crippen LogP contribution in [0.2, 0.25) is 0 Å². The average Bonchev–Trinajstić information content (AvgIpc) is 2.66. The fraction of sp³-hybridized carbons (Fsp3) is 0.333. The van der Waals surface area contributed by atoms with Crippen molar-refractivity contribution in [3.8, 4) is 0 Å². The van der Waals surface area contributed by atoms with E-state index in [2.05, 4.69) is 0 Å². The molecule has 0 saturated heterocycles. The van der Waals surface area contributed by atoms with Gasteiger partial charge in [0.1, 0.15) is 6.61 Å². The first-order chi connectivity index (χ1) is 10.7. The number of allylic oxidation sites excluding steroid dienone is 2. The highest BCUT2D eigenvalue weighted by molar-refractivity contribution is 5.98. The maximum atomic E-state index is 12.2. The third kappa shape index (κ3) is 2.82. The standard InChI is InChI=1S/C18H18O4/c19-16(20)10-13-11-22-18(21)15-9-5-4-8-14(15)17(13)12-6-2-1-3-7-12/h1-3,6-7H,4-5,8-11H2,(H,19,20). The number of rotatable bonds is 3. The third-order valence-corrected chi connectivity index (χ3v) is 4.17. The molecule has 0 fully saturated rings. The summed E-state index contributed by atoms with van der Waals surface area (Å²) in [6.07, 6.45) is 3.41. The first-order valence-corrected chi connectivity index (χ1v) is 7.55. The summed E-state index contributed by atoms with van der Waals surface area (Å²) in [5.41, 5.74) is 4.26. The normalized spacial score (nSPS) is 18.6. The number of carbonyl (C=O) groups is 2. The quantitative estimate of drug-likeness (QED) is 0.869. The number of carboxylic acids is 1. The molecule has 114 valence electrons. The fourth-order valence-electron chi connectivity index (χ4n) is 3.24. The molecule has 0 saturated carbocycles. The molecule has 3 rings (SSSR count). The summed E-state index contributed by atoms with van der Waals surface area (Å²) in [6, 6.07) is 9.71. The second-order valence-electron chi connectivity index (χ2n) is 5.66. The Bertz CT molecular complexity index is 668. The van der Waals surface area contributed by atoms with Crippen LogP contribution in [0, 0.1) is 0 Å². The summed E-state index contributed by atoms with van der Waals surface area (Å²) in [7, 11) is 0. The summed E-state index contributed by atoms with van der Waals surface area (Å²) in [5.74, 6) is -1.19. The molecule has 1 N–H and O–H groups in total. The molecule has 0 radical (unpaired) electrons. The minimum absolute atomic E-state index is 0.0579. The van der Waals surface area contributed by atoms with Crippen LogP contribution in [0.1, 0.15) is 37.7 Å². The highest BCUT2D eigenvalue weighted by Crippen LogP contribution is 2.40. The molecule has 0 spiro atoms. The lowest BCUT2D eigenvalue weighted by molar-refractivity contribution is -0.140. The van der Waals surface area contributed by atoms with E-state index in [-0.39, 0.29) is 19.0 Å². The van der Waals surface area contributed by atoms with Crippen molar-refractivity contribution in [2.75, 3.05) is 6.61 Å². The monoisotopic (exact) mass is 298 g/mol. The fourth-order valence-corrected chi connectivity index (χ4v) is 3.24. The van der Waals surface area contributed by atoms with Crippen molar-refractivity contribution in [2.24, 2.45) is 0 Å². The molecule has 22 heavy (non-hydrogen) atoms. The van der Waals surface area contributed by atoms with E-state index in [0.717, 1.165) is 41.5 Å². The Morgan fingerprint density at radius 3 is 2.45 bits per heavy atom. The molecule has 1 aliphatic heterocycles. The van der Waals surface area contributed by atoms with Gasteiger partial charge in [0.05, 0.1) is 6.42 Å². The van der Waals surface area contributed by atoms with Crippen LogP contribution in [-0.4, -0.2) is 23.7 Å². The third-order valence-electron chi connectivity index (χ3n) is 4.17. The van der Waals surface area contributed by atoms with Crippen LogP contribution in [-0.2, 0) is 14.3 Å². The van der Waals surface area contributed by atoms with Crippen molar-refractivity contribution in [2.45, 2.75) is 32.1 Å². The molecular formula is C18H18O4. The highest BCUT2D eigenvalue weighted by atomic mass is 16.5. The average molecular weight is 298 g/mol. The second-order valence-corrected chi connectivity index (χ2v) is 5.66. The lowest BCUT2D eigenvalue weighted by Crippen LogP contribution is -2.11. The Balaban J connectivity index is 2.19. The SMILES string of the molecule is O=C(O)CC1=C(c2ccccc2)C2=C(CCCC2)C(=O)OC1. The molecule has 1 heterocycles. The number of carboxylic acid groups (broad SMARTS) is 1. The summed E-state index contributed by atoms with van der Waals surface area (Å²) in [4.78, 5) is 23.4. The zero-order chi connectivity index (χ0) is 15.5. The molecule has 1 aromatic carbocycles. The van der Waals surface area contributed by atoms with E-state index < -0.39 is 5.97 Å². The molecule has 0 bridgehead atoms. The van der Waals surface area contributed by atoms with E-state index in [0.29, 0.717) is 12.0 Å². The summed E-state index contributed by atoms with van der Waals surface area (Å²) in [5, 5.41) is 9.19. The molecule has 0 atom stereocenters.